The van der Waals surface area contributed by atoms with Gasteiger partial charge < -0.3 is 14.8 Å². The van der Waals surface area contributed by atoms with Crippen LogP contribution in [-0.4, -0.2) is 34.9 Å². The van der Waals surface area contributed by atoms with E-state index in [1.807, 2.05) is 24.4 Å². The maximum atomic E-state index is 12.2. The molecule has 1 amide bonds. The smallest absolute Gasteiger partial charge is 0.224 e. The lowest BCUT2D eigenvalue weighted by Gasteiger charge is -2.09. The Morgan fingerprint density at radius 2 is 1.92 bits per heavy atom. The average Bonchev–Trinajstić information content (AvgIpc) is 3.21. The van der Waals surface area contributed by atoms with Gasteiger partial charge in [-0.1, -0.05) is 0 Å². The van der Waals surface area contributed by atoms with E-state index in [1.165, 1.54) is 0 Å². The summed E-state index contributed by atoms with van der Waals surface area (Å²) in [6, 6.07) is 11.0. The van der Waals surface area contributed by atoms with Crippen molar-refractivity contribution in [3.05, 3.63) is 60.6 Å². The number of amides is 1. The molecule has 0 aliphatic carbocycles. The Kier molecular flexibility index (Phi) is 5.48. The second-order valence-electron chi connectivity index (χ2n) is 5.62. The number of ether oxygens (including phenoxy) is 2. The summed E-state index contributed by atoms with van der Waals surface area (Å²) in [6.45, 7) is 0. The summed E-state index contributed by atoms with van der Waals surface area (Å²) in [5.74, 6) is 2.02. The lowest BCUT2D eigenvalue weighted by molar-refractivity contribution is -0.116. The van der Waals surface area contributed by atoms with Crippen molar-refractivity contribution >= 4 is 11.6 Å². The maximum absolute atomic E-state index is 12.2. The second-order valence-corrected chi connectivity index (χ2v) is 5.62. The summed E-state index contributed by atoms with van der Waals surface area (Å²) in [7, 11) is 3.20. The Balaban J connectivity index is 1.57. The molecule has 0 fully saturated rings. The Hall–Kier alpha value is -3.35. The molecule has 2 aromatic heterocycles. The van der Waals surface area contributed by atoms with Gasteiger partial charge in [-0.05, 0) is 42.3 Å². The molecule has 2 heterocycles. The molecule has 7 nitrogen and oxygen atoms in total. The fraction of sp³-hybridized carbons (Fsp3) is 0.211. The summed E-state index contributed by atoms with van der Waals surface area (Å²) in [6.07, 6.45) is 6.03. The van der Waals surface area contributed by atoms with Crippen molar-refractivity contribution in [1.82, 2.24) is 14.8 Å². The van der Waals surface area contributed by atoms with Gasteiger partial charge in [0.2, 0.25) is 5.91 Å². The molecule has 26 heavy (non-hydrogen) atoms. The standard InChI is InChI=1S/C19H20N4O3/c1-25-16-10-14(11-17(12-16)26-2)4-7-19(24)22-15-5-6-18(20-13-15)23-9-3-8-21-23/h3,5-6,8-13H,4,7H2,1-2H3,(H,22,24). The molecular weight excluding hydrogens is 332 g/mol. The van der Waals surface area contributed by atoms with Crippen molar-refractivity contribution in [3.8, 4) is 17.3 Å². The molecule has 0 saturated carbocycles. The second kappa shape index (κ2) is 8.15. The predicted molar refractivity (Wildman–Crippen MR) is 97.9 cm³/mol. The maximum Gasteiger partial charge on any atom is 0.224 e. The molecule has 0 saturated heterocycles. The molecule has 0 atom stereocenters. The Morgan fingerprint density at radius 3 is 2.50 bits per heavy atom. The number of aryl methyl sites for hydroxylation is 1. The van der Waals surface area contributed by atoms with E-state index in [2.05, 4.69) is 15.4 Å². The van der Waals surface area contributed by atoms with E-state index in [9.17, 15) is 4.79 Å². The molecule has 3 aromatic rings. The third-order valence-electron chi connectivity index (χ3n) is 3.82. The van der Waals surface area contributed by atoms with Crippen molar-refractivity contribution < 1.29 is 14.3 Å². The molecule has 134 valence electrons. The highest BCUT2D eigenvalue weighted by molar-refractivity contribution is 5.90. The highest BCUT2D eigenvalue weighted by atomic mass is 16.5. The molecule has 0 radical (unpaired) electrons. The van der Waals surface area contributed by atoms with Crippen LogP contribution in [0.1, 0.15) is 12.0 Å². The summed E-state index contributed by atoms with van der Waals surface area (Å²) >= 11 is 0. The van der Waals surface area contributed by atoms with Gasteiger partial charge in [0.15, 0.2) is 5.82 Å². The first-order valence-corrected chi connectivity index (χ1v) is 8.16. The fourth-order valence-corrected chi connectivity index (χ4v) is 2.49. The van der Waals surface area contributed by atoms with E-state index in [0.717, 1.165) is 5.56 Å². The van der Waals surface area contributed by atoms with Gasteiger partial charge in [0.25, 0.3) is 0 Å². The number of hydrogen-bond acceptors (Lipinski definition) is 5. The topological polar surface area (TPSA) is 78.3 Å². The van der Waals surface area contributed by atoms with Gasteiger partial charge >= 0.3 is 0 Å². The van der Waals surface area contributed by atoms with Crippen LogP contribution in [-0.2, 0) is 11.2 Å². The minimum absolute atomic E-state index is 0.0829. The van der Waals surface area contributed by atoms with Crippen molar-refractivity contribution in [1.29, 1.82) is 0 Å². The first-order valence-electron chi connectivity index (χ1n) is 8.16. The van der Waals surface area contributed by atoms with Crippen LogP contribution in [0.15, 0.2) is 55.0 Å². The lowest BCUT2D eigenvalue weighted by Crippen LogP contribution is -2.12. The summed E-state index contributed by atoms with van der Waals surface area (Å²) in [5, 5.41) is 6.96. The summed E-state index contributed by atoms with van der Waals surface area (Å²) < 4.78 is 12.1. The number of pyridine rings is 1. The molecule has 3 rings (SSSR count). The molecule has 0 unspecified atom stereocenters. The van der Waals surface area contributed by atoms with Crippen molar-refractivity contribution in [2.75, 3.05) is 19.5 Å². The summed E-state index contributed by atoms with van der Waals surface area (Å²) in [5.41, 5.74) is 1.62. The number of hydrogen-bond donors (Lipinski definition) is 1. The van der Waals surface area contributed by atoms with Crippen LogP contribution < -0.4 is 14.8 Å². The first kappa shape index (κ1) is 17.5. The first-order chi connectivity index (χ1) is 12.7. The zero-order valence-electron chi connectivity index (χ0n) is 14.7. The van der Waals surface area contributed by atoms with Gasteiger partial charge in [-0.2, -0.15) is 5.10 Å². The van der Waals surface area contributed by atoms with Crippen LogP contribution in [0, 0.1) is 0 Å². The molecular formula is C19H20N4O3. The quantitative estimate of drug-likeness (QED) is 0.707. The van der Waals surface area contributed by atoms with Gasteiger partial charge in [0, 0.05) is 24.9 Å². The third kappa shape index (κ3) is 4.38. The van der Waals surface area contributed by atoms with E-state index >= 15 is 0 Å². The Morgan fingerprint density at radius 1 is 1.15 bits per heavy atom. The molecule has 0 aliphatic rings. The number of nitrogens with one attached hydrogen (secondary N) is 1. The highest BCUT2D eigenvalue weighted by Gasteiger charge is 2.07. The number of rotatable bonds is 7. The number of benzene rings is 1. The Bertz CT molecular complexity index is 839. The molecule has 0 aliphatic heterocycles. The van der Waals surface area contributed by atoms with Gasteiger partial charge in [0.1, 0.15) is 11.5 Å². The van der Waals surface area contributed by atoms with Crippen molar-refractivity contribution in [2.45, 2.75) is 12.8 Å². The van der Waals surface area contributed by atoms with Crippen LogP contribution in [0.3, 0.4) is 0 Å². The molecule has 0 bridgehead atoms. The minimum Gasteiger partial charge on any atom is -0.497 e. The largest absolute Gasteiger partial charge is 0.497 e. The molecule has 1 aromatic carbocycles. The highest BCUT2D eigenvalue weighted by Crippen LogP contribution is 2.23. The van der Waals surface area contributed by atoms with E-state index in [-0.39, 0.29) is 5.91 Å². The van der Waals surface area contributed by atoms with Gasteiger partial charge in [-0.25, -0.2) is 9.67 Å². The number of carbonyl (C=O) groups excluding carboxylic acids is 1. The van der Waals surface area contributed by atoms with Crippen LogP contribution in [0.4, 0.5) is 5.69 Å². The lowest BCUT2D eigenvalue weighted by atomic mass is 10.1. The zero-order valence-corrected chi connectivity index (χ0v) is 14.7. The van der Waals surface area contributed by atoms with Crippen LogP contribution >= 0.6 is 0 Å². The van der Waals surface area contributed by atoms with E-state index in [1.54, 1.807) is 49.5 Å². The van der Waals surface area contributed by atoms with Crippen molar-refractivity contribution in [2.24, 2.45) is 0 Å². The fourth-order valence-electron chi connectivity index (χ4n) is 2.49. The number of anilines is 1. The van der Waals surface area contributed by atoms with E-state index in [4.69, 9.17) is 9.47 Å². The van der Waals surface area contributed by atoms with Crippen LogP contribution in [0.2, 0.25) is 0 Å². The SMILES string of the molecule is COc1cc(CCC(=O)Nc2ccc(-n3cccn3)nc2)cc(OC)c1. The molecule has 1 N–H and O–H groups in total. The monoisotopic (exact) mass is 352 g/mol. The van der Waals surface area contributed by atoms with Crippen molar-refractivity contribution in [3.63, 3.8) is 0 Å². The van der Waals surface area contributed by atoms with E-state index in [0.29, 0.717) is 35.8 Å². The minimum atomic E-state index is -0.0829. The zero-order chi connectivity index (χ0) is 18.4. The average molecular weight is 352 g/mol. The van der Waals surface area contributed by atoms with Gasteiger partial charge in [0.05, 0.1) is 26.1 Å². The number of nitrogens with zero attached hydrogens (tertiary/aromatic N) is 3. The van der Waals surface area contributed by atoms with Gasteiger partial charge in [-0.15, -0.1) is 0 Å². The summed E-state index contributed by atoms with van der Waals surface area (Å²) in [4.78, 5) is 16.5. The van der Waals surface area contributed by atoms with E-state index < -0.39 is 0 Å². The number of carbonyl (C=O) groups is 1. The predicted octanol–water partition coefficient (Wildman–Crippen LogP) is 2.86. The normalized spacial score (nSPS) is 10.4. The number of aromatic nitrogens is 3. The van der Waals surface area contributed by atoms with Crippen LogP contribution in [0.5, 0.6) is 11.5 Å². The number of methoxy groups -OCH3 is 2. The third-order valence-corrected chi connectivity index (χ3v) is 3.82. The van der Waals surface area contributed by atoms with Gasteiger partial charge in [-0.3, -0.25) is 4.79 Å². The molecule has 7 heteroatoms. The molecule has 0 spiro atoms. The van der Waals surface area contributed by atoms with Crippen LogP contribution in [0.25, 0.3) is 5.82 Å². The Labute approximate surface area is 151 Å².